The summed E-state index contributed by atoms with van der Waals surface area (Å²) in [5.41, 5.74) is 2.01. The molecule has 0 aliphatic rings. The largest absolute Gasteiger partial charge is 0.496 e. The molecule has 4 nitrogen and oxygen atoms in total. The molecule has 0 saturated heterocycles. The van der Waals surface area contributed by atoms with Gasteiger partial charge in [0.05, 0.1) is 7.11 Å². The molecule has 24 heavy (non-hydrogen) atoms. The quantitative estimate of drug-likeness (QED) is 0.735. The Bertz CT molecular complexity index is 857. The van der Waals surface area contributed by atoms with E-state index in [1.165, 1.54) is 5.39 Å². The summed E-state index contributed by atoms with van der Waals surface area (Å²) in [7, 11) is 1.60. The minimum absolute atomic E-state index is 0.00481. The third-order valence-corrected chi connectivity index (χ3v) is 4.21. The smallest absolute Gasteiger partial charge is 0.222 e. The number of fused-ring (bicyclic) bond motifs is 1. The highest BCUT2D eigenvalue weighted by molar-refractivity contribution is 6.30. The fraction of sp³-hybridized carbons (Fsp3) is 0.211. The Labute approximate surface area is 146 Å². The zero-order valence-corrected chi connectivity index (χ0v) is 14.2. The molecular formula is C19H19ClN2O2. The number of carbonyl (C=O) groups excluding carboxylic acids is 1. The molecule has 0 radical (unpaired) electrons. The maximum atomic E-state index is 12.1. The first-order valence-electron chi connectivity index (χ1n) is 7.80. The summed E-state index contributed by atoms with van der Waals surface area (Å²) in [6.07, 6.45) is 2.43. The second-order valence-electron chi connectivity index (χ2n) is 5.55. The zero-order valence-electron chi connectivity index (χ0n) is 13.5. The zero-order chi connectivity index (χ0) is 16.9. The lowest BCUT2D eigenvalue weighted by atomic mass is 10.2. The van der Waals surface area contributed by atoms with Crippen molar-refractivity contribution in [2.24, 2.45) is 0 Å². The maximum absolute atomic E-state index is 12.1. The van der Waals surface area contributed by atoms with Crippen LogP contribution in [0.15, 0.2) is 54.7 Å². The van der Waals surface area contributed by atoms with E-state index in [2.05, 4.69) is 28.1 Å². The van der Waals surface area contributed by atoms with Gasteiger partial charge >= 0.3 is 0 Å². The number of aromatic nitrogens is 1. The molecule has 0 aliphatic heterocycles. The van der Waals surface area contributed by atoms with Crippen molar-refractivity contribution >= 4 is 28.4 Å². The van der Waals surface area contributed by atoms with Crippen molar-refractivity contribution in [3.63, 3.8) is 0 Å². The van der Waals surface area contributed by atoms with E-state index in [-0.39, 0.29) is 5.91 Å². The van der Waals surface area contributed by atoms with Crippen molar-refractivity contribution < 1.29 is 9.53 Å². The van der Waals surface area contributed by atoms with Gasteiger partial charge in [0, 0.05) is 41.8 Å². The number of hydrogen-bond donors (Lipinski definition) is 1. The standard InChI is InChI=1S/C19H19ClN2O2/c1-24-18-7-6-16(20)12-15(18)13-21-19(23)9-11-22-10-8-14-4-2-3-5-17(14)22/h2-8,10,12H,9,11,13H2,1H3,(H,21,23). The lowest BCUT2D eigenvalue weighted by molar-refractivity contribution is -0.121. The van der Waals surface area contributed by atoms with Gasteiger partial charge in [-0.05, 0) is 35.7 Å². The molecule has 0 fully saturated rings. The highest BCUT2D eigenvalue weighted by atomic mass is 35.5. The van der Waals surface area contributed by atoms with Gasteiger partial charge in [0.25, 0.3) is 0 Å². The van der Waals surface area contributed by atoms with E-state index in [0.29, 0.717) is 24.5 Å². The molecule has 5 heteroatoms. The van der Waals surface area contributed by atoms with Crippen molar-refractivity contribution in [1.82, 2.24) is 9.88 Å². The van der Waals surface area contributed by atoms with Crippen LogP contribution < -0.4 is 10.1 Å². The number of para-hydroxylation sites is 1. The number of aryl methyl sites for hydroxylation is 1. The lowest BCUT2D eigenvalue weighted by Crippen LogP contribution is -2.24. The first-order chi connectivity index (χ1) is 11.7. The van der Waals surface area contributed by atoms with Gasteiger partial charge in [-0.1, -0.05) is 29.8 Å². The number of ether oxygens (including phenoxy) is 1. The van der Waals surface area contributed by atoms with E-state index < -0.39 is 0 Å². The average Bonchev–Trinajstić information content (AvgIpc) is 3.01. The first-order valence-corrected chi connectivity index (χ1v) is 8.18. The molecule has 0 saturated carbocycles. The summed E-state index contributed by atoms with van der Waals surface area (Å²) < 4.78 is 7.38. The Morgan fingerprint density at radius 1 is 1.21 bits per heavy atom. The molecule has 1 N–H and O–H groups in total. The summed E-state index contributed by atoms with van der Waals surface area (Å²) in [6.45, 7) is 1.04. The third-order valence-electron chi connectivity index (χ3n) is 3.98. The van der Waals surface area contributed by atoms with Gasteiger partial charge in [0.15, 0.2) is 0 Å². The van der Waals surface area contributed by atoms with Crippen LogP contribution in [-0.2, 0) is 17.9 Å². The molecule has 0 aliphatic carbocycles. The molecule has 1 amide bonds. The van der Waals surface area contributed by atoms with Gasteiger partial charge in [-0.2, -0.15) is 0 Å². The molecule has 1 heterocycles. The topological polar surface area (TPSA) is 43.3 Å². The lowest BCUT2D eigenvalue weighted by Gasteiger charge is -2.11. The summed E-state index contributed by atoms with van der Waals surface area (Å²) in [5.74, 6) is 0.714. The Morgan fingerprint density at radius 2 is 2.04 bits per heavy atom. The summed E-state index contributed by atoms with van der Waals surface area (Å²) in [6, 6.07) is 15.6. The summed E-state index contributed by atoms with van der Waals surface area (Å²) in [4.78, 5) is 12.1. The second kappa shape index (κ2) is 7.41. The van der Waals surface area contributed by atoms with Gasteiger partial charge in [0.2, 0.25) is 5.91 Å². The fourth-order valence-corrected chi connectivity index (χ4v) is 2.92. The van der Waals surface area contributed by atoms with Crippen molar-refractivity contribution in [1.29, 1.82) is 0 Å². The Balaban J connectivity index is 1.57. The summed E-state index contributed by atoms with van der Waals surface area (Å²) in [5, 5.41) is 4.73. The van der Waals surface area contributed by atoms with Crippen molar-refractivity contribution in [3.05, 3.63) is 65.3 Å². The van der Waals surface area contributed by atoms with Crippen LogP contribution in [0.3, 0.4) is 0 Å². The molecule has 0 atom stereocenters. The minimum atomic E-state index is -0.00481. The van der Waals surface area contributed by atoms with Crippen LogP contribution in [0.25, 0.3) is 10.9 Å². The van der Waals surface area contributed by atoms with Gasteiger partial charge in [-0.15, -0.1) is 0 Å². The summed E-state index contributed by atoms with van der Waals surface area (Å²) >= 11 is 6.00. The molecule has 0 bridgehead atoms. The number of halogens is 1. The molecule has 124 valence electrons. The number of methoxy groups -OCH3 is 1. The third kappa shape index (κ3) is 3.71. The molecule has 3 rings (SSSR count). The van der Waals surface area contributed by atoms with Crippen molar-refractivity contribution in [2.45, 2.75) is 19.5 Å². The predicted octanol–water partition coefficient (Wildman–Crippen LogP) is 4.01. The number of amides is 1. The van der Waals surface area contributed by atoms with Crippen molar-refractivity contribution in [3.8, 4) is 5.75 Å². The molecule has 1 aromatic heterocycles. The van der Waals surface area contributed by atoms with E-state index >= 15 is 0 Å². The molecular weight excluding hydrogens is 324 g/mol. The fourth-order valence-electron chi connectivity index (χ4n) is 2.73. The van der Waals surface area contributed by atoms with Crippen molar-refractivity contribution in [2.75, 3.05) is 7.11 Å². The highest BCUT2D eigenvalue weighted by Crippen LogP contribution is 2.22. The van der Waals surface area contributed by atoms with E-state index in [9.17, 15) is 4.79 Å². The van der Waals surface area contributed by atoms with Gasteiger partial charge < -0.3 is 14.6 Å². The van der Waals surface area contributed by atoms with Crippen LogP contribution >= 0.6 is 11.6 Å². The van der Waals surface area contributed by atoms with Crippen LogP contribution in [-0.4, -0.2) is 17.6 Å². The maximum Gasteiger partial charge on any atom is 0.222 e. The van der Waals surface area contributed by atoms with Crippen LogP contribution in [0.2, 0.25) is 5.02 Å². The number of nitrogens with zero attached hydrogens (tertiary/aromatic N) is 1. The van der Waals surface area contributed by atoms with Gasteiger partial charge in [-0.3, -0.25) is 4.79 Å². The van der Waals surface area contributed by atoms with E-state index in [1.807, 2.05) is 18.3 Å². The Hall–Kier alpha value is -2.46. The minimum Gasteiger partial charge on any atom is -0.496 e. The van der Waals surface area contributed by atoms with Crippen LogP contribution in [0.5, 0.6) is 5.75 Å². The normalized spacial score (nSPS) is 10.8. The van der Waals surface area contributed by atoms with E-state index in [1.54, 1.807) is 25.3 Å². The molecule has 0 unspecified atom stereocenters. The SMILES string of the molecule is COc1ccc(Cl)cc1CNC(=O)CCn1ccc2ccccc21. The van der Waals surface area contributed by atoms with Crippen LogP contribution in [0, 0.1) is 0 Å². The van der Waals surface area contributed by atoms with Crippen LogP contribution in [0.1, 0.15) is 12.0 Å². The number of rotatable bonds is 6. The number of benzene rings is 2. The monoisotopic (exact) mass is 342 g/mol. The second-order valence-corrected chi connectivity index (χ2v) is 5.99. The number of carbonyl (C=O) groups is 1. The first kappa shape index (κ1) is 16.4. The Morgan fingerprint density at radius 3 is 2.88 bits per heavy atom. The average molecular weight is 343 g/mol. The number of nitrogens with one attached hydrogen (secondary N) is 1. The molecule has 3 aromatic rings. The molecule has 2 aromatic carbocycles. The van der Waals surface area contributed by atoms with Crippen LogP contribution in [0.4, 0.5) is 0 Å². The van der Waals surface area contributed by atoms with Gasteiger partial charge in [-0.25, -0.2) is 0 Å². The predicted molar refractivity (Wildman–Crippen MR) is 96.4 cm³/mol. The van der Waals surface area contributed by atoms with E-state index in [4.69, 9.17) is 16.3 Å². The Kier molecular flexibility index (Phi) is 5.06. The molecule has 0 spiro atoms. The van der Waals surface area contributed by atoms with Gasteiger partial charge in [0.1, 0.15) is 5.75 Å². The highest BCUT2D eigenvalue weighted by Gasteiger charge is 2.08. The van der Waals surface area contributed by atoms with E-state index in [0.717, 1.165) is 16.8 Å². The number of hydrogen-bond acceptors (Lipinski definition) is 2.